The lowest BCUT2D eigenvalue weighted by molar-refractivity contribution is 1.02. The van der Waals surface area contributed by atoms with Crippen molar-refractivity contribution in [2.45, 2.75) is 0 Å². The number of halogens is 1. The summed E-state index contributed by atoms with van der Waals surface area (Å²) in [7, 11) is 0. The minimum Gasteiger partial charge on any atom is -0.398 e. The van der Waals surface area contributed by atoms with Gasteiger partial charge in [0.25, 0.3) is 0 Å². The van der Waals surface area contributed by atoms with Gasteiger partial charge in [0, 0.05) is 35.7 Å². The van der Waals surface area contributed by atoms with Gasteiger partial charge in [0.1, 0.15) is 5.82 Å². The number of nitrogen functional groups attached to an aromatic ring is 1. The number of fused-ring (bicyclic) bond motifs is 1. The van der Waals surface area contributed by atoms with Crippen molar-refractivity contribution in [3.8, 4) is 0 Å². The zero-order chi connectivity index (χ0) is 11.5. The fraction of sp³-hybridized carbons (Fsp3) is 0.182. The summed E-state index contributed by atoms with van der Waals surface area (Å²) in [4.78, 5) is 4.24. The third-order valence-electron chi connectivity index (χ3n) is 2.35. The zero-order valence-electron chi connectivity index (χ0n) is 8.70. The Morgan fingerprint density at radius 3 is 2.88 bits per heavy atom. The first-order chi connectivity index (χ1) is 7.74. The first-order valence-corrected chi connectivity index (χ1v) is 5.38. The molecule has 0 aliphatic heterocycles. The van der Waals surface area contributed by atoms with Crippen LogP contribution in [0.1, 0.15) is 0 Å². The van der Waals surface area contributed by atoms with E-state index in [0.29, 0.717) is 23.8 Å². The normalized spacial score (nSPS) is 10.6. The fourth-order valence-electron chi connectivity index (χ4n) is 1.60. The van der Waals surface area contributed by atoms with Gasteiger partial charge in [-0.15, -0.1) is 0 Å². The van der Waals surface area contributed by atoms with Gasteiger partial charge >= 0.3 is 0 Å². The number of aromatic nitrogens is 1. The fourth-order valence-corrected chi connectivity index (χ4v) is 1.86. The Balaban J connectivity index is 2.61. The second-order valence-corrected chi connectivity index (χ2v) is 3.84. The smallest absolute Gasteiger partial charge is 0.135 e. The molecule has 0 atom stereocenters. The Hall–Kier alpha value is -1.52. The Kier molecular flexibility index (Phi) is 3.12. The highest BCUT2D eigenvalue weighted by Crippen LogP contribution is 2.32. The van der Waals surface area contributed by atoms with Crippen LogP contribution in [0.25, 0.3) is 10.8 Å². The van der Waals surface area contributed by atoms with Crippen molar-refractivity contribution >= 4 is 33.9 Å². The lowest BCUT2D eigenvalue weighted by Crippen LogP contribution is -2.14. The van der Waals surface area contributed by atoms with Gasteiger partial charge in [-0.1, -0.05) is 11.6 Å². The van der Waals surface area contributed by atoms with Gasteiger partial charge in [0.05, 0.1) is 5.02 Å². The van der Waals surface area contributed by atoms with Crippen molar-refractivity contribution in [2.75, 3.05) is 24.1 Å². The third-order valence-corrected chi connectivity index (χ3v) is 2.66. The summed E-state index contributed by atoms with van der Waals surface area (Å²) in [6.45, 7) is 1.19. The molecule has 1 heterocycles. The topological polar surface area (TPSA) is 77.0 Å². The summed E-state index contributed by atoms with van der Waals surface area (Å²) >= 11 is 6.15. The van der Waals surface area contributed by atoms with E-state index >= 15 is 0 Å². The highest BCUT2D eigenvalue weighted by molar-refractivity contribution is 6.37. The van der Waals surface area contributed by atoms with E-state index < -0.39 is 0 Å². The lowest BCUT2D eigenvalue weighted by atomic mass is 10.1. The molecule has 1 aromatic carbocycles. The van der Waals surface area contributed by atoms with Crippen molar-refractivity contribution in [1.29, 1.82) is 0 Å². The molecule has 0 fully saturated rings. The maximum absolute atomic E-state index is 6.15. The van der Waals surface area contributed by atoms with Gasteiger partial charge in [-0.25, -0.2) is 4.98 Å². The van der Waals surface area contributed by atoms with Crippen LogP contribution in [-0.2, 0) is 0 Å². The summed E-state index contributed by atoms with van der Waals surface area (Å²) in [5, 5.41) is 5.51. The number of benzene rings is 1. The average Bonchev–Trinajstić information content (AvgIpc) is 2.31. The molecule has 2 aromatic rings. The summed E-state index contributed by atoms with van der Waals surface area (Å²) in [5.74, 6) is 0.722. The van der Waals surface area contributed by atoms with Crippen LogP contribution in [0.5, 0.6) is 0 Å². The maximum atomic E-state index is 6.15. The molecule has 2 rings (SSSR count). The Morgan fingerprint density at radius 1 is 1.31 bits per heavy atom. The lowest BCUT2D eigenvalue weighted by Gasteiger charge is -2.10. The van der Waals surface area contributed by atoms with Gasteiger partial charge in [-0.3, -0.25) is 0 Å². The first-order valence-electron chi connectivity index (χ1n) is 5.00. The van der Waals surface area contributed by atoms with E-state index in [1.54, 1.807) is 18.3 Å². The van der Waals surface area contributed by atoms with E-state index in [1.807, 2.05) is 6.07 Å². The van der Waals surface area contributed by atoms with Crippen LogP contribution in [-0.4, -0.2) is 18.1 Å². The molecule has 5 heteroatoms. The van der Waals surface area contributed by atoms with Gasteiger partial charge in [0.15, 0.2) is 0 Å². The number of nitrogens with two attached hydrogens (primary N) is 2. The average molecular weight is 237 g/mol. The predicted molar refractivity (Wildman–Crippen MR) is 68.7 cm³/mol. The number of pyridine rings is 1. The van der Waals surface area contributed by atoms with Gasteiger partial charge in [-0.2, -0.15) is 0 Å². The molecule has 0 radical (unpaired) electrons. The standard InChI is InChI=1S/C11H13ClN4/c12-8-1-2-9(14)7-3-5-15-11(10(7)8)16-6-4-13/h1-3,5H,4,6,13-14H2,(H,15,16). The molecular weight excluding hydrogens is 224 g/mol. The van der Waals surface area contributed by atoms with Crippen molar-refractivity contribution in [1.82, 2.24) is 4.98 Å². The summed E-state index contributed by atoms with van der Waals surface area (Å²) in [5.41, 5.74) is 12.0. The number of rotatable bonds is 3. The van der Waals surface area contributed by atoms with Gasteiger partial charge < -0.3 is 16.8 Å². The molecule has 0 bridgehead atoms. The molecule has 0 aliphatic carbocycles. The largest absolute Gasteiger partial charge is 0.398 e. The van der Waals surface area contributed by atoms with E-state index in [1.165, 1.54) is 0 Å². The molecule has 0 unspecified atom stereocenters. The molecule has 0 saturated carbocycles. The molecule has 1 aromatic heterocycles. The van der Waals surface area contributed by atoms with Crippen LogP contribution in [0, 0.1) is 0 Å². The van der Waals surface area contributed by atoms with Crippen LogP contribution in [0.3, 0.4) is 0 Å². The second-order valence-electron chi connectivity index (χ2n) is 3.43. The molecule has 84 valence electrons. The van der Waals surface area contributed by atoms with E-state index in [4.69, 9.17) is 23.1 Å². The van der Waals surface area contributed by atoms with Gasteiger partial charge in [-0.05, 0) is 18.2 Å². The Morgan fingerprint density at radius 2 is 2.12 bits per heavy atom. The maximum Gasteiger partial charge on any atom is 0.135 e. The highest BCUT2D eigenvalue weighted by Gasteiger charge is 2.07. The summed E-state index contributed by atoms with van der Waals surface area (Å²) < 4.78 is 0. The SMILES string of the molecule is NCCNc1nccc2c(N)ccc(Cl)c12. The van der Waals surface area contributed by atoms with E-state index in [0.717, 1.165) is 16.6 Å². The van der Waals surface area contributed by atoms with Crippen molar-refractivity contribution in [3.05, 3.63) is 29.4 Å². The zero-order valence-corrected chi connectivity index (χ0v) is 9.46. The molecule has 4 nitrogen and oxygen atoms in total. The number of nitrogens with zero attached hydrogens (tertiary/aromatic N) is 1. The molecule has 0 aliphatic rings. The van der Waals surface area contributed by atoms with Crippen molar-refractivity contribution in [2.24, 2.45) is 5.73 Å². The first kappa shape index (κ1) is 11.0. The quantitative estimate of drug-likeness (QED) is 0.711. The Bertz CT molecular complexity index is 513. The van der Waals surface area contributed by atoms with Crippen LogP contribution >= 0.6 is 11.6 Å². The highest BCUT2D eigenvalue weighted by atomic mass is 35.5. The van der Waals surface area contributed by atoms with Crippen molar-refractivity contribution in [3.63, 3.8) is 0 Å². The minimum atomic E-state index is 0.540. The molecule has 16 heavy (non-hydrogen) atoms. The number of anilines is 2. The number of nitrogens with one attached hydrogen (secondary N) is 1. The van der Waals surface area contributed by atoms with Crippen LogP contribution < -0.4 is 16.8 Å². The van der Waals surface area contributed by atoms with Crippen molar-refractivity contribution < 1.29 is 0 Å². The van der Waals surface area contributed by atoms with E-state index in [-0.39, 0.29) is 0 Å². The van der Waals surface area contributed by atoms with Crippen LogP contribution in [0.2, 0.25) is 5.02 Å². The molecule has 0 spiro atoms. The number of hydrogen-bond acceptors (Lipinski definition) is 4. The van der Waals surface area contributed by atoms with E-state index in [9.17, 15) is 0 Å². The molecule has 0 amide bonds. The third kappa shape index (κ3) is 1.89. The second kappa shape index (κ2) is 4.55. The Labute approximate surface area is 98.6 Å². The predicted octanol–water partition coefficient (Wildman–Crippen LogP) is 1.84. The monoisotopic (exact) mass is 236 g/mol. The summed E-state index contributed by atoms with van der Waals surface area (Å²) in [6, 6.07) is 5.41. The molecule has 5 N–H and O–H groups in total. The molecule has 0 saturated heterocycles. The summed E-state index contributed by atoms with van der Waals surface area (Å²) in [6.07, 6.45) is 1.70. The van der Waals surface area contributed by atoms with E-state index in [2.05, 4.69) is 10.3 Å². The van der Waals surface area contributed by atoms with Crippen LogP contribution in [0.4, 0.5) is 11.5 Å². The van der Waals surface area contributed by atoms with Gasteiger partial charge in [0.2, 0.25) is 0 Å². The number of hydrogen-bond donors (Lipinski definition) is 3. The molecular formula is C11H13ClN4. The van der Waals surface area contributed by atoms with Crippen LogP contribution in [0.15, 0.2) is 24.4 Å². The minimum absolute atomic E-state index is 0.540.